The van der Waals surface area contributed by atoms with Gasteiger partial charge in [-0.05, 0) is 19.3 Å². The number of carbonyl (C=O) groups is 2. The second-order valence-corrected chi connectivity index (χ2v) is 4.55. The zero-order valence-electron chi connectivity index (χ0n) is 8.25. The normalized spacial score (nSPS) is 42.2. The molecule has 1 heterocycles. The molecule has 0 aromatic heterocycles. The number of carboxylic acids is 1. The highest BCUT2D eigenvalue weighted by atomic mass is 16.4. The Bertz CT molecular complexity index is 289. The Morgan fingerprint density at radius 1 is 1.64 bits per heavy atom. The van der Waals surface area contributed by atoms with Crippen molar-refractivity contribution >= 4 is 11.8 Å². The van der Waals surface area contributed by atoms with Crippen molar-refractivity contribution in [3.63, 3.8) is 0 Å². The number of carbonyl (C=O) groups excluding carboxylic acids is 1. The largest absolute Gasteiger partial charge is 0.480 e. The van der Waals surface area contributed by atoms with Gasteiger partial charge in [0, 0.05) is 17.9 Å². The van der Waals surface area contributed by atoms with Crippen LogP contribution < -0.4 is 5.32 Å². The van der Waals surface area contributed by atoms with E-state index in [1.807, 2.05) is 6.92 Å². The number of rotatable bonds is 1. The molecule has 78 valence electrons. The maximum absolute atomic E-state index is 11.7. The van der Waals surface area contributed by atoms with E-state index in [1.54, 1.807) is 0 Å². The summed E-state index contributed by atoms with van der Waals surface area (Å²) >= 11 is 0. The van der Waals surface area contributed by atoms with Gasteiger partial charge in [-0.2, -0.15) is 0 Å². The van der Waals surface area contributed by atoms with Crippen LogP contribution in [0.3, 0.4) is 0 Å². The molecule has 1 saturated heterocycles. The monoisotopic (exact) mass is 197 g/mol. The van der Waals surface area contributed by atoms with Gasteiger partial charge in [0.25, 0.3) is 0 Å². The molecule has 1 saturated carbocycles. The lowest BCUT2D eigenvalue weighted by Gasteiger charge is -2.33. The van der Waals surface area contributed by atoms with Gasteiger partial charge in [0.05, 0.1) is 0 Å². The van der Waals surface area contributed by atoms with E-state index in [9.17, 15) is 9.59 Å². The summed E-state index contributed by atoms with van der Waals surface area (Å²) in [5.41, 5.74) is -0.429. The lowest BCUT2D eigenvalue weighted by atomic mass is 9.71. The zero-order valence-corrected chi connectivity index (χ0v) is 8.25. The minimum absolute atomic E-state index is 0.0739. The summed E-state index contributed by atoms with van der Waals surface area (Å²) in [6.45, 7) is 1.90. The molecule has 0 spiro atoms. The van der Waals surface area contributed by atoms with E-state index in [-0.39, 0.29) is 11.8 Å². The van der Waals surface area contributed by atoms with E-state index in [1.165, 1.54) is 0 Å². The highest BCUT2D eigenvalue weighted by Gasteiger charge is 2.51. The van der Waals surface area contributed by atoms with Gasteiger partial charge in [-0.15, -0.1) is 0 Å². The van der Waals surface area contributed by atoms with Crippen molar-refractivity contribution < 1.29 is 14.7 Å². The van der Waals surface area contributed by atoms with Crippen molar-refractivity contribution in [2.75, 3.05) is 0 Å². The second-order valence-electron chi connectivity index (χ2n) is 4.55. The van der Waals surface area contributed by atoms with Gasteiger partial charge in [0.1, 0.15) is 11.8 Å². The van der Waals surface area contributed by atoms with E-state index in [0.717, 1.165) is 12.8 Å². The fourth-order valence-corrected chi connectivity index (χ4v) is 2.67. The fourth-order valence-electron chi connectivity index (χ4n) is 2.67. The molecule has 1 aliphatic heterocycles. The van der Waals surface area contributed by atoms with E-state index < -0.39 is 17.4 Å². The Morgan fingerprint density at radius 3 is 2.93 bits per heavy atom. The van der Waals surface area contributed by atoms with Crippen LogP contribution in [0, 0.1) is 5.41 Å². The van der Waals surface area contributed by atoms with Crippen molar-refractivity contribution in [2.45, 2.75) is 44.7 Å². The van der Waals surface area contributed by atoms with Crippen molar-refractivity contribution in [1.82, 2.24) is 5.32 Å². The molecule has 2 rings (SSSR count). The number of carboxylic acid groups (broad SMARTS) is 1. The lowest BCUT2D eigenvalue weighted by Crippen LogP contribution is -2.44. The molecule has 2 N–H and O–H groups in total. The molecular formula is C10H15NO3. The van der Waals surface area contributed by atoms with E-state index in [2.05, 4.69) is 5.32 Å². The molecule has 2 fully saturated rings. The maximum Gasteiger partial charge on any atom is 0.320 e. The smallest absolute Gasteiger partial charge is 0.320 e. The number of fused-ring (bicyclic) bond motifs is 1. The molecule has 0 aromatic rings. The topological polar surface area (TPSA) is 66.4 Å². The first-order valence-corrected chi connectivity index (χ1v) is 5.06. The first kappa shape index (κ1) is 9.65. The summed E-state index contributed by atoms with van der Waals surface area (Å²) in [5.74, 6) is -0.613. The summed E-state index contributed by atoms with van der Waals surface area (Å²) in [7, 11) is 0. The van der Waals surface area contributed by atoms with Crippen LogP contribution in [0.1, 0.15) is 32.6 Å². The standard InChI is InChI=1S/C10H15NO3/c1-10-5-6(9(13)14)11-7(10)3-2-4-8(10)12/h6-7,11H,2-5H2,1H3,(H,13,14)/t6-,7+,10+/m0/s1. The van der Waals surface area contributed by atoms with Gasteiger partial charge in [0.15, 0.2) is 0 Å². The number of hydrogen-bond acceptors (Lipinski definition) is 3. The number of nitrogens with one attached hydrogen (secondary N) is 1. The van der Waals surface area contributed by atoms with Crippen LogP contribution in [0.4, 0.5) is 0 Å². The van der Waals surface area contributed by atoms with Crippen LogP contribution in [0.5, 0.6) is 0 Å². The summed E-state index contributed by atoms with van der Waals surface area (Å²) in [6, 6.07) is -0.461. The third-order valence-electron chi connectivity index (χ3n) is 3.63. The van der Waals surface area contributed by atoms with Crippen LogP contribution in [0.25, 0.3) is 0 Å². The third-order valence-corrected chi connectivity index (χ3v) is 3.63. The predicted octanol–water partition coefficient (Wildman–Crippen LogP) is 0.561. The SMILES string of the molecule is C[C@@]12C[C@@H](C(=O)O)N[C@@H]1CCCC2=O. The average molecular weight is 197 g/mol. The molecule has 4 nitrogen and oxygen atoms in total. The summed E-state index contributed by atoms with van der Waals surface area (Å²) < 4.78 is 0. The highest BCUT2D eigenvalue weighted by molar-refractivity contribution is 5.88. The molecule has 2 aliphatic rings. The first-order chi connectivity index (χ1) is 6.54. The van der Waals surface area contributed by atoms with Crippen molar-refractivity contribution in [2.24, 2.45) is 5.41 Å². The van der Waals surface area contributed by atoms with Gasteiger partial charge >= 0.3 is 5.97 Å². The molecular weight excluding hydrogens is 182 g/mol. The van der Waals surface area contributed by atoms with Crippen LogP contribution in [-0.2, 0) is 9.59 Å². The summed E-state index contributed by atoms with van der Waals surface area (Å²) in [6.07, 6.45) is 2.87. The average Bonchev–Trinajstić information content (AvgIpc) is 2.45. The van der Waals surface area contributed by atoms with Gasteiger partial charge in [-0.1, -0.05) is 6.92 Å². The van der Waals surface area contributed by atoms with Crippen molar-refractivity contribution in [3.05, 3.63) is 0 Å². The molecule has 0 amide bonds. The first-order valence-electron chi connectivity index (χ1n) is 5.06. The Balaban J connectivity index is 2.21. The predicted molar refractivity (Wildman–Crippen MR) is 49.9 cm³/mol. The number of hydrogen-bond donors (Lipinski definition) is 2. The highest BCUT2D eigenvalue weighted by Crippen LogP contribution is 2.41. The number of Topliss-reactive ketones (excluding diaryl/α,β-unsaturated/α-hetero) is 1. The Labute approximate surface area is 82.7 Å². The molecule has 1 aliphatic carbocycles. The fraction of sp³-hybridized carbons (Fsp3) is 0.800. The second kappa shape index (κ2) is 3.05. The van der Waals surface area contributed by atoms with Gasteiger partial charge < -0.3 is 10.4 Å². The third kappa shape index (κ3) is 1.25. The van der Waals surface area contributed by atoms with Crippen LogP contribution in [0.15, 0.2) is 0 Å². The lowest BCUT2D eigenvalue weighted by molar-refractivity contribution is -0.139. The minimum atomic E-state index is -0.839. The van der Waals surface area contributed by atoms with Crippen molar-refractivity contribution in [1.29, 1.82) is 0 Å². The molecule has 0 bridgehead atoms. The van der Waals surface area contributed by atoms with Crippen molar-refractivity contribution in [3.8, 4) is 0 Å². The van der Waals surface area contributed by atoms with Crippen LogP contribution in [0.2, 0.25) is 0 Å². The summed E-state index contributed by atoms with van der Waals surface area (Å²) in [5, 5.41) is 11.9. The molecule has 0 unspecified atom stereocenters. The minimum Gasteiger partial charge on any atom is -0.480 e. The van der Waals surface area contributed by atoms with Gasteiger partial charge in [-0.25, -0.2) is 0 Å². The van der Waals surface area contributed by atoms with Gasteiger partial charge in [-0.3, -0.25) is 9.59 Å². The maximum atomic E-state index is 11.7. The van der Waals surface area contributed by atoms with Crippen LogP contribution >= 0.6 is 0 Å². The Hall–Kier alpha value is -0.900. The Kier molecular flexibility index (Phi) is 2.10. The molecule has 0 radical (unpaired) electrons. The van der Waals surface area contributed by atoms with E-state index >= 15 is 0 Å². The Morgan fingerprint density at radius 2 is 2.36 bits per heavy atom. The van der Waals surface area contributed by atoms with E-state index in [0.29, 0.717) is 12.8 Å². The molecule has 0 aromatic carbocycles. The number of ketones is 1. The van der Waals surface area contributed by atoms with E-state index in [4.69, 9.17) is 5.11 Å². The van der Waals surface area contributed by atoms with Gasteiger partial charge in [0.2, 0.25) is 0 Å². The molecule has 14 heavy (non-hydrogen) atoms. The quantitative estimate of drug-likeness (QED) is 0.644. The number of aliphatic carboxylic acids is 1. The van der Waals surface area contributed by atoms with Crippen LogP contribution in [-0.4, -0.2) is 28.9 Å². The molecule has 4 heteroatoms. The molecule has 3 atom stereocenters. The zero-order chi connectivity index (χ0) is 10.3. The summed E-state index contributed by atoms with van der Waals surface area (Å²) in [4.78, 5) is 22.6.